The fraction of sp³-hybridized carbons (Fsp3) is 0.267. The van der Waals surface area contributed by atoms with E-state index < -0.39 is 0 Å². The Labute approximate surface area is 113 Å². The monoisotopic (exact) mass is 257 g/mol. The van der Waals surface area contributed by atoms with Crippen molar-refractivity contribution in [3.05, 3.63) is 53.3 Å². The Morgan fingerprint density at radius 3 is 2.74 bits per heavy atom. The highest BCUT2D eigenvalue weighted by Crippen LogP contribution is 2.09. The van der Waals surface area contributed by atoms with Crippen LogP contribution in [0, 0.1) is 6.92 Å². The Morgan fingerprint density at radius 1 is 1.37 bits per heavy atom. The number of nitrogens with two attached hydrogens (primary N) is 1. The van der Waals surface area contributed by atoms with Gasteiger partial charge in [-0.15, -0.1) is 0 Å². The van der Waals surface area contributed by atoms with Crippen LogP contribution in [-0.4, -0.2) is 17.0 Å². The van der Waals surface area contributed by atoms with Gasteiger partial charge in [0.05, 0.1) is 5.69 Å². The average molecular weight is 257 g/mol. The number of nitrogens with one attached hydrogen (secondary N) is 1. The van der Waals surface area contributed by atoms with Gasteiger partial charge in [-0.2, -0.15) is 0 Å². The first-order chi connectivity index (χ1) is 9.08. The minimum Gasteiger partial charge on any atom is -0.397 e. The van der Waals surface area contributed by atoms with Crippen LogP contribution in [0.2, 0.25) is 0 Å². The third kappa shape index (κ3) is 3.16. The number of carbonyl (C=O) groups excluding carboxylic acids is 1. The normalized spacial score (nSPS) is 10.4. The molecule has 0 fully saturated rings. The smallest absolute Gasteiger partial charge is 0.267 e. The van der Waals surface area contributed by atoms with E-state index in [4.69, 9.17) is 5.73 Å². The van der Waals surface area contributed by atoms with Crippen molar-refractivity contribution in [1.82, 2.24) is 9.88 Å². The van der Waals surface area contributed by atoms with Crippen LogP contribution in [-0.2, 0) is 13.5 Å². The maximum absolute atomic E-state index is 12.0. The number of nitrogen functional groups attached to an aromatic ring is 1. The lowest BCUT2D eigenvalue weighted by molar-refractivity contribution is 0.0946. The molecule has 0 saturated heterocycles. The van der Waals surface area contributed by atoms with E-state index in [9.17, 15) is 4.79 Å². The van der Waals surface area contributed by atoms with Crippen molar-refractivity contribution in [1.29, 1.82) is 0 Å². The molecule has 0 spiro atoms. The summed E-state index contributed by atoms with van der Waals surface area (Å²) in [7, 11) is 1.81. The Morgan fingerprint density at radius 2 is 2.11 bits per heavy atom. The lowest BCUT2D eigenvalue weighted by Crippen LogP contribution is -2.27. The van der Waals surface area contributed by atoms with Crippen LogP contribution in [0.4, 0.5) is 5.69 Å². The molecule has 1 aromatic heterocycles. The van der Waals surface area contributed by atoms with Gasteiger partial charge < -0.3 is 15.6 Å². The van der Waals surface area contributed by atoms with Crippen LogP contribution in [0.5, 0.6) is 0 Å². The van der Waals surface area contributed by atoms with Gasteiger partial charge in [-0.05, 0) is 30.5 Å². The molecule has 2 aromatic rings. The molecule has 4 heteroatoms. The van der Waals surface area contributed by atoms with Gasteiger partial charge in [0.1, 0.15) is 5.69 Å². The summed E-state index contributed by atoms with van der Waals surface area (Å²) < 4.78 is 1.73. The zero-order chi connectivity index (χ0) is 13.8. The number of carbonyl (C=O) groups is 1. The highest BCUT2D eigenvalue weighted by Gasteiger charge is 2.10. The van der Waals surface area contributed by atoms with Crippen LogP contribution in [0.3, 0.4) is 0 Å². The standard InChI is InChI=1S/C15H19N3O/c1-11-5-3-4-6-12(11)7-8-17-15(19)14-9-13(16)10-18(14)2/h3-6,9-10H,7-8,16H2,1-2H3,(H,17,19). The van der Waals surface area contributed by atoms with E-state index in [2.05, 4.69) is 24.4 Å². The minimum atomic E-state index is -0.0900. The second-order valence-corrected chi connectivity index (χ2v) is 4.70. The molecule has 0 bridgehead atoms. The Kier molecular flexibility index (Phi) is 3.90. The van der Waals surface area contributed by atoms with Gasteiger partial charge in [-0.25, -0.2) is 0 Å². The zero-order valence-corrected chi connectivity index (χ0v) is 11.3. The molecule has 0 aliphatic heterocycles. The summed E-state index contributed by atoms with van der Waals surface area (Å²) in [6.45, 7) is 2.70. The number of nitrogens with zero attached hydrogens (tertiary/aromatic N) is 1. The molecule has 19 heavy (non-hydrogen) atoms. The second kappa shape index (κ2) is 5.61. The van der Waals surface area contributed by atoms with Gasteiger partial charge in [0.25, 0.3) is 5.91 Å². The van der Waals surface area contributed by atoms with Crippen molar-refractivity contribution in [2.24, 2.45) is 7.05 Å². The summed E-state index contributed by atoms with van der Waals surface area (Å²) in [5.74, 6) is -0.0900. The van der Waals surface area contributed by atoms with Crippen LogP contribution >= 0.6 is 0 Å². The van der Waals surface area contributed by atoms with Gasteiger partial charge in [0.15, 0.2) is 0 Å². The zero-order valence-electron chi connectivity index (χ0n) is 11.3. The molecule has 0 atom stereocenters. The van der Waals surface area contributed by atoms with Crippen LogP contribution in [0.15, 0.2) is 36.5 Å². The lowest BCUT2D eigenvalue weighted by Gasteiger charge is -2.08. The first-order valence-electron chi connectivity index (χ1n) is 6.32. The number of benzene rings is 1. The van der Waals surface area contributed by atoms with Gasteiger partial charge >= 0.3 is 0 Å². The van der Waals surface area contributed by atoms with Crippen molar-refractivity contribution < 1.29 is 4.79 Å². The van der Waals surface area contributed by atoms with Crippen molar-refractivity contribution in [2.45, 2.75) is 13.3 Å². The van der Waals surface area contributed by atoms with E-state index in [1.807, 2.05) is 19.2 Å². The van der Waals surface area contributed by atoms with Crippen molar-refractivity contribution in [3.63, 3.8) is 0 Å². The molecule has 0 saturated carbocycles. The fourth-order valence-corrected chi connectivity index (χ4v) is 2.11. The molecule has 4 nitrogen and oxygen atoms in total. The summed E-state index contributed by atoms with van der Waals surface area (Å²) in [6, 6.07) is 9.88. The number of aryl methyl sites for hydroxylation is 2. The summed E-state index contributed by atoms with van der Waals surface area (Å²) >= 11 is 0. The highest BCUT2D eigenvalue weighted by molar-refractivity contribution is 5.93. The van der Waals surface area contributed by atoms with E-state index >= 15 is 0 Å². The molecule has 1 aromatic carbocycles. The third-order valence-electron chi connectivity index (χ3n) is 3.20. The molecule has 0 aliphatic carbocycles. The Bertz CT molecular complexity index is 587. The average Bonchev–Trinajstić information content (AvgIpc) is 2.71. The first kappa shape index (κ1) is 13.2. The largest absolute Gasteiger partial charge is 0.397 e. The van der Waals surface area contributed by atoms with Gasteiger partial charge in [0.2, 0.25) is 0 Å². The first-order valence-corrected chi connectivity index (χ1v) is 6.32. The van der Waals surface area contributed by atoms with Gasteiger partial charge in [-0.3, -0.25) is 4.79 Å². The van der Waals surface area contributed by atoms with Crippen LogP contribution in [0.25, 0.3) is 0 Å². The lowest BCUT2D eigenvalue weighted by atomic mass is 10.1. The molecule has 0 radical (unpaired) electrons. The molecule has 1 heterocycles. The van der Waals surface area contributed by atoms with Gasteiger partial charge in [-0.1, -0.05) is 24.3 Å². The van der Waals surface area contributed by atoms with Crippen LogP contribution < -0.4 is 11.1 Å². The summed E-state index contributed by atoms with van der Waals surface area (Å²) in [5, 5.41) is 2.91. The predicted molar refractivity (Wildman–Crippen MR) is 77.0 cm³/mol. The number of rotatable bonds is 4. The number of amides is 1. The highest BCUT2D eigenvalue weighted by atomic mass is 16.1. The molecular weight excluding hydrogens is 238 g/mol. The molecule has 0 aliphatic rings. The van der Waals surface area contributed by atoms with E-state index in [1.165, 1.54) is 11.1 Å². The number of hydrogen-bond donors (Lipinski definition) is 2. The van der Waals surface area contributed by atoms with E-state index in [1.54, 1.807) is 16.8 Å². The minimum absolute atomic E-state index is 0.0900. The number of anilines is 1. The van der Waals surface area contributed by atoms with Crippen molar-refractivity contribution in [3.8, 4) is 0 Å². The number of aromatic nitrogens is 1. The Hall–Kier alpha value is -2.23. The fourth-order valence-electron chi connectivity index (χ4n) is 2.11. The molecule has 1 amide bonds. The SMILES string of the molecule is Cc1ccccc1CCNC(=O)c1cc(N)cn1C. The maximum Gasteiger partial charge on any atom is 0.267 e. The van der Waals surface area contributed by atoms with Crippen molar-refractivity contribution >= 4 is 11.6 Å². The quantitative estimate of drug-likeness (QED) is 0.878. The van der Waals surface area contributed by atoms with Gasteiger partial charge in [0, 0.05) is 19.8 Å². The Balaban J connectivity index is 1.91. The molecular formula is C15H19N3O. The second-order valence-electron chi connectivity index (χ2n) is 4.70. The molecule has 0 unspecified atom stereocenters. The van der Waals surface area contributed by atoms with E-state index in [-0.39, 0.29) is 5.91 Å². The van der Waals surface area contributed by atoms with E-state index in [0.29, 0.717) is 17.9 Å². The summed E-state index contributed by atoms with van der Waals surface area (Å²) in [6.07, 6.45) is 2.56. The molecule has 2 rings (SSSR count). The molecule has 3 N–H and O–H groups in total. The van der Waals surface area contributed by atoms with E-state index in [0.717, 1.165) is 6.42 Å². The summed E-state index contributed by atoms with van der Waals surface area (Å²) in [5.41, 5.74) is 9.35. The predicted octanol–water partition coefficient (Wildman–Crippen LogP) is 1.89. The van der Waals surface area contributed by atoms with Crippen LogP contribution in [0.1, 0.15) is 21.6 Å². The maximum atomic E-state index is 12.0. The van der Waals surface area contributed by atoms with Crippen molar-refractivity contribution in [2.75, 3.05) is 12.3 Å². The molecule has 100 valence electrons. The number of hydrogen-bond acceptors (Lipinski definition) is 2. The summed E-state index contributed by atoms with van der Waals surface area (Å²) in [4.78, 5) is 12.0. The topological polar surface area (TPSA) is 60.1 Å². The third-order valence-corrected chi connectivity index (χ3v) is 3.20.